The van der Waals surface area contributed by atoms with Gasteiger partial charge in [-0.1, -0.05) is 57.2 Å². The third-order valence-electron chi connectivity index (χ3n) is 2.58. The molecule has 0 bridgehead atoms. The van der Waals surface area contributed by atoms with E-state index in [4.69, 9.17) is 5.73 Å². The molecule has 0 saturated heterocycles. The molecule has 0 radical (unpaired) electrons. The zero-order chi connectivity index (χ0) is 14.1. The van der Waals surface area contributed by atoms with Crippen LogP contribution >= 0.6 is 39.0 Å². The van der Waals surface area contributed by atoms with E-state index < -0.39 is 0 Å². The highest BCUT2D eigenvalue weighted by molar-refractivity contribution is 9.10. The third kappa shape index (κ3) is 2.72. The van der Waals surface area contributed by atoms with Crippen LogP contribution < -0.4 is 11.3 Å². The predicted molar refractivity (Wildman–Crippen MR) is 86.2 cm³/mol. The SMILES string of the molecule is Nc1nc2nc(SCc3ccccc3Br)[nH]c(=O)c2s1. The van der Waals surface area contributed by atoms with Gasteiger partial charge in [0, 0.05) is 10.2 Å². The second-order valence-corrected chi connectivity index (χ2v) is 6.81. The van der Waals surface area contributed by atoms with Gasteiger partial charge in [-0.05, 0) is 11.6 Å². The van der Waals surface area contributed by atoms with Crippen LogP contribution in [-0.4, -0.2) is 15.0 Å². The first-order valence-electron chi connectivity index (χ1n) is 5.66. The maximum absolute atomic E-state index is 11.9. The number of nitrogens with two attached hydrogens (primary N) is 1. The van der Waals surface area contributed by atoms with Gasteiger partial charge in [0.15, 0.2) is 15.9 Å². The van der Waals surface area contributed by atoms with E-state index in [9.17, 15) is 4.79 Å². The second-order valence-electron chi connectivity index (χ2n) is 3.96. The highest BCUT2D eigenvalue weighted by Crippen LogP contribution is 2.26. The molecule has 0 aliphatic rings. The number of fused-ring (bicyclic) bond motifs is 1. The average Bonchev–Trinajstić information content (AvgIpc) is 2.79. The van der Waals surface area contributed by atoms with Crippen LogP contribution in [0.2, 0.25) is 0 Å². The fourth-order valence-electron chi connectivity index (χ4n) is 1.66. The fourth-order valence-corrected chi connectivity index (χ4v) is 3.80. The van der Waals surface area contributed by atoms with Crippen LogP contribution in [0, 0.1) is 0 Å². The molecule has 2 aromatic heterocycles. The molecule has 1 aromatic carbocycles. The summed E-state index contributed by atoms with van der Waals surface area (Å²) in [5, 5.41) is 0.898. The summed E-state index contributed by atoms with van der Waals surface area (Å²) in [5.74, 6) is 0.704. The van der Waals surface area contributed by atoms with Crippen molar-refractivity contribution in [1.29, 1.82) is 0 Å². The predicted octanol–water partition coefficient (Wildman–Crippen LogP) is 3.02. The second kappa shape index (κ2) is 5.55. The first-order valence-corrected chi connectivity index (χ1v) is 8.25. The van der Waals surface area contributed by atoms with Gasteiger partial charge in [-0.25, -0.2) is 9.97 Å². The molecule has 0 aliphatic carbocycles. The maximum atomic E-state index is 11.9. The Kier molecular flexibility index (Phi) is 3.77. The number of nitrogen functional groups attached to an aromatic ring is 1. The number of hydrogen-bond acceptors (Lipinski definition) is 6. The topological polar surface area (TPSA) is 84.7 Å². The molecule has 0 unspecified atom stereocenters. The average molecular weight is 369 g/mol. The summed E-state index contributed by atoms with van der Waals surface area (Å²) in [5.41, 5.74) is 6.95. The summed E-state index contributed by atoms with van der Waals surface area (Å²) in [6, 6.07) is 7.94. The molecule has 0 fully saturated rings. The van der Waals surface area contributed by atoms with Gasteiger partial charge in [-0.15, -0.1) is 0 Å². The molecule has 3 rings (SSSR count). The van der Waals surface area contributed by atoms with E-state index in [1.165, 1.54) is 11.8 Å². The lowest BCUT2D eigenvalue weighted by molar-refractivity contribution is 0.968. The number of anilines is 1. The van der Waals surface area contributed by atoms with Crippen molar-refractivity contribution in [2.45, 2.75) is 10.9 Å². The number of rotatable bonds is 3. The van der Waals surface area contributed by atoms with Gasteiger partial charge in [0.2, 0.25) is 0 Å². The van der Waals surface area contributed by atoms with E-state index in [0.717, 1.165) is 21.4 Å². The van der Waals surface area contributed by atoms with Crippen LogP contribution in [0.3, 0.4) is 0 Å². The number of aromatic amines is 1. The van der Waals surface area contributed by atoms with E-state index >= 15 is 0 Å². The van der Waals surface area contributed by atoms with E-state index in [0.29, 0.717) is 26.4 Å². The number of nitrogens with zero attached hydrogens (tertiary/aromatic N) is 2. The van der Waals surface area contributed by atoms with Gasteiger partial charge in [-0.3, -0.25) is 4.79 Å². The summed E-state index contributed by atoms with van der Waals surface area (Å²) in [7, 11) is 0. The monoisotopic (exact) mass is 368 g/mol. The van der Waals surface area contributed by atoms with E-state index in [2.05, 4.69) is 30.9 Å². The Balaban J connectivity index is 1.88. The first-order chi connectivity index (χ1) is 9.63. The quantitative estimate of drug-likeness (QED) is 0.548. The zero-order valence-corrected chi connectivity index (χ0v) is 13.3. The van der Waals surface area contributed by atoms with Crippen LogP contribution in [0.4, 0.5) is 5.13 Å². The number of thioether (sulfide) groups is 1. The van der Waals surface area contributed by atoms with Gasteiger partial charge in [0.25, 0.3) is 5.56 Å². The number of benzene rings is 1. The molecule has 0 amide bonds. The van der Waals surface area contributed by atoms with Crippen molar-refractivity contribution in [1.82, 2.24) is 15.0 Å². The molecule has 8 heteroatoms. The minimum atomic E-state index is -0.196. The van der Waals surface area contributed by atoms with Gasteiger partial charge in [0.1, 0.15) is 4.70 Å². The lowest BCUT2D eigenvalue weighted by Crippen LogP contribution is -2.07. The number of H-pyrrole nitrogens is 1. The summed E-state index contributed by atoms with van der Waals surface area (Å²) in [4.78, 5) is 23.0. The normalized spacial score (nSPS) is 11.1. The molecule has 20 heavy (non-hydrogen) atoms. The largest absolute Gasteiger partial charge is 0.375 e. The van der Waals surface area contributed by atoms with Crippen LogP contribution in [-0.2, 0) is 5.75 Å². The van der Waals surface area contributed by atoms with Gasteiger partial charge < -0.3 is 10.7 Å². The Bertz CT molecular complexity index is 830. The van der Waals surface area contributed by atoms with E-state index in [1.807, 2.05) is 24.3 Å². The first kappa shape index (κ1) is 13.6. The molecule has 3 N–H and O–H groups in total. The molecule has 5 nitrogen and oxygen atoms in total. The van der Waals surface area contributed by atoms with Gasteiger partial charge in [-0.2, -0.15) is 0 Å². The number of hydrogen-bond donors (Lipinski definition) is 2. The van der Waals surface area contributed by atoms with E-state index in [1.54, 1.807) is 0 Å². The summed E-state index contributed by atoms with van der Waals surface area (Å²) in [6.45, 7) is 0. The Labute approximate surface area is 130 Å². The fraction of sp³-hybridized carbons (Fsp3) is 0.0833. The molecular weight excluding hydrogens is 360 g/mol. The summed E-state index contributed by atoms with van der Waals surface area (Å²) < 4.78 is 1.50. The molecule has 102 valence electrons. The number of nitrogens with one attached hydrogen (secondary N) is 1. The molecular formula is C12H9BrN4OS2. The van der Waals surface area contributed by atoms with E-state index in [-0.39, 0.29) is 5.56 Å². The third-order valence-corrected chi connectivity index (χ3v) is 5.15. The summed E-state index contributed by atoms with van der Waals surface area (Å²) >= 11 is 6.10. The summed E-state index contributed by atoms with van der Waals surface area (Å²) in [6.07, 6.45) is 0. The zero-order valence-electron chi connectivity index (χ0n) is 10.1. The van der Waals surface area contributed by atoms with Crippen molar-refractivity contribution in [2.75, 3.05) is 5.73 Å². The molecule has 0 atom stereocenters. The van der Waals surface area contributed by atoms with Crippen molar-refractivity contribution >= 4 is 54.5 Å². The minimum absolute atomic E-state index is 0.196. The Morgan fingerprint density at radius 1 is 1.35 bits per heavy atom. The van der Waals surface area contributed by atoms with Crippen molar-refractivity contribution in [2.24, 2.45) is 0 Å². The maximum Gasteiger partial charge on any atom is 0.271 e. The molecule has 0 aliphatic heterocycles. The highest BCUT2D eigenvalue weighted by atomic mass is 79.9. The highest BCUT2D eigenvalue weighted by Gasteiger charge is 2.10. The lowest BCUT2D eigenvalue weighted by atomic mass is 10.2. The molecule has 3 aromatic rings. The standard InChI is InChI=1S/C12H9BrN4OS2/c13-7-4-2-1-3-6(7)5-19-12-16-9-8(10(18)17-12)20-11(14)15-9/h1-4H,5H2,(H3,14,15,16,17,18). The molecule has 2 heterocycles. The van der Waals surface area contributed by atoms with Crippen molar-refractivity contribution in [3.8, 4) is 0 Å². The smallest absolute Gasteiger partial charge is 0.271 e. The number of aromatic nitrogens is 3. The van der Waals surface area contributed by atoms with Crippen LogP contribution in [0.1, 0.15) is 5.56 Å². The Hall–Kier alpha value is -1.38. The van der Waals surface area contributed by atoms with Crippen molar-refractivity contribution in [3.05, 3.63) is 44.7 Å². The van der Waals surface area contributed by atoms with Crippen LogP contribution in [0.5, 0.6) is 0 Å². The Morgan fingerprint density at radius 3 is 2.95 bits per heavy atom. The van der Waals surface area contributed by atoms with Gasteiger partial charge in [0.05, 0.1) is 0 Å². The van der Waals surface area contributed by atoms with Crippen LogP contribution in [0.15, 0.2) is 38.7 Å². The van der Waals surface area contributed by atoms with Gasteiger partial charge >= 0.3 is 0 Å². The Morgan fingerprint density at radius 2 is 2.15 bits per heavy atom. The molecule has 0 saturated carbocycles. The van der Waals surface area contributed by atoms with Crippen LogP contribution in [0.25, 0.3) is 10.3 Å². The lowest BCUT2D eigenvalue weighted by Gasteiger charge is -2.03. The minimum Gasteiger partial charge on any atom is -0.375 e. The number of halogens is 1. The van der Waals surface area contributed by atoms with Crippen molar-refractivity contribution < 1.29 is 0 Å². The van der Waals surface area contributed by atoms with Crippen molar-refractivity contribution in [3.63, 3.8) is 0 Å². The number of thiazole rings is 1. The molecule has 0 spiro atoms.